The predicted molar refractivity (Wildman–Crippen MR) is 114 cm³/mol. The molecule has 0 spiro atoms. The number of rotatable bonds is 6. The van der Waals surface area contributed by atoms with Gasteiger partial charge >= 0.3 is 0 Å². The van der Waals surface area contributed by atoms with E-state index in [9.17, 15) is 18.3 Å². The summed E-state index contributed by atoms with van der Waals surface area (Å²) in [5.74, 6) is 0. The second-order valence-corrected chi connectivity index (χ2v) is 8.86. The largest absolute Gasteiger partial charge is 0.396 e. The lowest BCUT2D eigenvalue weighted by Crippen LogP contribution is -2.24. The number of hydrogen-bond acceptors (Lipinski definition) is 5. The van der Waals surface area contributed by atoms with E-state index in [1.165, 1.54) is 29.1 Å². The Hall–Kier alpha value is -3.29. The lowest BCUT2D eigenvalue weighted by molar-refractivity contribution is 0.299. The Balaban J connectivity index is 1.73. The average molecular weight is 420 g/mol. The fraction of sp³-hybridized carbons (Fsp3) is 0.130. The SMILES string of the molecule is O=c1c2ccc(S(=O)(=O)c3ccccc3)cc2cnn1Cc1ccccc1CCO. The minimum absolute atomic E-state index is 0.0235. The molecule has 7 heteroatoms. The molecule has 1 heterocycles. The molecule has 0 saturated heterocycles. The third kappa shape index (κ3) is 3.77. The number of benzene rings is 3. The van der Waals surface area contributed by atoms with Gasteiger partial charge in [0.25, 0.3) is 5.56 Å². The van der Waals surface area contributed by atoms with Crippen LogP contribution in [0.5, 0.6) is 0 Å². The van der Waals surface area contributed by atoms with Crippen molar-refractivity contribution < 1.29 is 13.5 Å². The smallest absolute Gasteiger partial charge is 0.274 e. The van der Waals surface area contributed by atoms with E-state index in [-0.39, 0.29) is 28.5 Å². The number of aromatic nitrogens is 2. The molecule has 3 aromatic carbocycles. The van der Waals surface area contributed by atoms with Gasteiger partial charge in [-0.05, 0) is 47.9 Å². The molecule has 0 bridgehead atoms. The molecule has 0 saturated carbocycles. The highest BCUT2D eigenvalue weighted by atomic mass is 32.2. The van der Waals surface area contributed by atoms with Gasteiger partial charge in [0, 0.05) is 12.0 Å². The second kappa shape index (κ2) is 8.22. The van der Waals surface area contributed by atoms with Crippen molar-refractivity contribution in [2.45, 2.75) is 22.8 Å². The van der Waals surface area contributed by atoms with Crippen LogP contribution in [0.2, 0.25) is 0 Å². The van der Waals surface area contributed by atoms with E-state index in [2.05, 4.69) is 5.10 Å². The highest BCUT2D eigenvalue weighted by Crippen LogP contribution is 2.23. The molecular weight excluding hydrogens is 400 g/mol. The van der Waals surface area contributed by atoms with Crippen LogP contribution in [0.15, 0.2) is 93.6 Å². The highest BCUT2D eigenvalue weighted by molar-refractivity contribution is 7.91. The minimum atomic E-state index is -3.67. The van der Waals surface area contributed by atoms with E-state index in [1.807, 2.05) is 24.3 Å². The van der Waals surface area contributed by atoms with Gasteiger partial charge in [0.2, 0.25) is 9.84 Å². The van der Waals surface area contributed by atoms with Crippen molar-refractivity contribution in [3.8, 4) is 0 Å². The molecule has 1 aromatic heterocycles. The monoisotopic (exact) mass is 420 g/mol. The first-order chi connectivity index (χ1) is 14.5. The van der Waals surface area contributed by atoms with Crippen molar-refractivity contribution in [2.24, 2.45) is 0 Å². The molecule has 0 fully saturated rings. The Morgan fingerprint density at radius 3 is 2.30 bits per heavy atom. The van der Waals surface area contributed by atoms with Crippen LogP contribution in [0.4, 0.5) is 0 Å². The fourth-order valence-electron chi connectivity index (χ4n) is 3.42. The van der Waals surface area contributed by atoms with Crippen molar-refractivity contribution in [1.82, 2.24) is 9.78 Å². The van der Waals surface area contributed by atoms with E-state index in [0.29, 0.717) is 17.2 Å². The molecule has 0 aliphatic rings. The van der Waals surface area contributed by atoms with Crippen molar-refractivity contribution in [3.63, 3.8) is 0 Å². The summed E-state index contributed by atoms with van der Waals surface area (Å²) in [4.78, 5) is 13.3. The van der Waals surface area contributed by atoms with Crippen molar-refractivity contribution in [2.75, 3.05) is 6.61 Å². The van der Waals surface area contributed by atoms with Gasteiger partial charge in [-0.2, -0.15) is 5.10 Å². The molecule has 152 valence electrons. The predicted octanol–water partition coefficient (Wildman–Crippen LogP) is 2.81. The first kappa shape index (κ1) is 20.0. The van der Waals surface area contributed by atoms with Crippen LogP contribution in [0.3, 0.4) is 0 Å². The second-order valence-electron chi connectivity index (χ2n) is 6.92. The summed E-state index contributed by atoms with van der Waals surface area (Å²) in [7, 11) is -3.67. The molecular formula is C23H20N2O4S. The van der Waals surface area contributed by atoms with Gasteiger partial charge in [0.05, 0.1) is 27.9 Å². The van der Waals surface area contributed by atoms with Crippen LogP contribution >= 0.6 is 0 Å². The van der Waals surface area contributed by atoms with Crippen LogP contribution in [-0.4, -0.2) is 29.9 Å². The zero-order chi connectivity index (χ0) is 21.1. The molecule has 30 heavy (non-hydrogen) atoms. The van der Waals surface area contributed by atoms with Crippen LogP contribution in [0.25, 0.3) is 10.8 Å². The van der Waals surface area contributed by atoms with E-state index in [4.69, 9.17) is 0 Å². The Bertz CT molecular complexity index is 1360. The van der Waals surface area contributed by atoms with E-state index in [1.54, 1.807) is 30.3 Å². The Kier molecular flexibility index (Phi) is 5.48. The van der Waals surface area contributed by atoms with Gasteiger partial charge in [-0.25, -0.2) is 13.1 Å². The molecule has 0 aliphatic heterocycles. The topological polar surface area (TPSA) is 89.3 Å². The number of aliphatic hydroxyl groups excluding tert-OH is 1. The van der Waals surface area contributed by atoms with Crippen molar-refractivity contribution in [3.05, 3.63) is 100 Å². The quantitative estimate of drug-likeness (QED) is 0.518. The molecule has 4 aromatic rings. The number of hydrogen-bond donors (Lipinski definition) is 1. The maximum absolute atomic E-state index is 12.9. The van der Waals surface area contributed by atoms with Crippen LogP contribution in [0.1, 0.15) is 11.1 Å². The molecule has 1 N–H and O–H groups in total. The first-order valence-electron chi connectivity index (χ1n) is 9.48. The van der Waals surface area contributed by atoms with Gasteiger partial charge in [0.1, 0.15) is 0 Å². The normalized spacial score (nSPS) is 11.6. The third-order valence-electron chi connectivity index (χ3n) is 5.01. The Labute approximate surface area is 174 Å². The van der Waals surface area contributed by atoms with Crippen molar-refractivity contribution >= 4 is 20.6 Å². The lowest BCUT2D eigenvalue weighted by Gasteiger charge is -2.11. The van der Waals surface area contributed by atoms with E-state index >= 15 is 0 Å². The number of sulfone groups is 1. The third-order valence-corrected chi connectivity index (χ3v) is 6.77. The highest BCUT2D eigenvalue weighted by Gasteiger charge is 2.18. The number of nitrogens with zero attached hydrogens (tertiary/aromatic N) is 2. The fourth-order valence-corrected chi connectivity index (χ4v) is 4.74. The molecule has 4 rings (SSSR count). The summed E-state index contributed by atoms with van der Waals surface area (Å²) >= 11 is 0. The van der Waals surface area contributed by atoms with Crippen LogP contribution in [0, 0.1) is 0 Å². The van der Waals surface area contributed by atoms with Gasteiger partial charge in [0.15, 0.2) is 0 Å². The summed E-state index contributed by atoms with van der Waals surface area (Å²) in [5, 5.41) is 14.4. The van der Waals surface area contributed by atoms with Gasteiger partial charge in [-0.1, -0.05) is 42.5 Å². The lowest BCUT2D eigenvalue weighted by atomic mass is 10.1. The van der Waals surface area contributed by atoms with E-state index < -0.39 is 9.84 Å². The molecule has 0 aliphatic carbocycles. The van der Waals surface area contributed by atoms with Gasteiger partial charge in [-0.3, -0.25) is 4.79 Å². The summed E-state index contributed by atoms with van der Waals surface area (Å²) in [6.45, 7) is 0.296. The number of aliphatic hydroxyl groups is 1. The minimum Gasteiger partial charge on any atom is -0.396 e. The Morgan fingerprint density at radius 2 is 1.57 bits per heavy atom. The molecule has 6 nitrogen and oxygen atoms in total. The van der Waals surface area contributed by atoms with E-state index in [0.717, 1.165) is 11.1 Å². The first-order valence-corrected chi connectivity index (χ1v) is 11.0. The zero-order valence-corrected chi connectivity index (χ0v) is 16.9. The summed E-state index contributed by atoms with van der Waals surface area (Å²) in [5.41, 5.74) is 1.57. The molecule has 0 atom stereocenters. The standard InChI is InChI=1S/C23H20N2O4S/c26-13-12-17-6-4-5-7-18(17)16-25-23(27)22-11-10-21(14-19(22)15-24-25)30(28,29)20-8-2-1-3-9-20/h1-11,14-15,26H,12-13,16H2. The number of fused-ring (bicyclic) bond motifs is 1. The molecule has 0 unspecified atom stereocenters. The summed E-state index contributed by atoms with van der Waals surface area (Å²) < 4.78 is 27.0. The zero-order valence-electron chi connectivity index (χ0n) is 16.1. The maximum atomic E-state index is 12.9. The van der Waals surface area contributed by atoms with Crippen molar-refractivity contribution in [1.29, 1.82) is 0 Å². The average Bonchev–Trinajstić information content (AvgIpc) is 2.77. The van der Waals surface area contributed by atoms with Gasteiger partial charge in [-0.15, -0.1) is 0 Å². The summed E-state index contributed by atoms with van der Waals surface area (Å²) in [6.07, 6.45) is 2.01. The maximum Gasteiger partial charge on any atom is 0.274 e. The van der Waals surface area contributed by atoms with Gasteiger partial charge < -0.3 is 5.11 Å². The molecule has 0 radical (unpaired) electrons. The van der Waals surface area contributed by atoms with Crippen LogP contribution < -0.4 is 5.56 Å². The Morgan fingerprint density at radius 1 is 0.867 bits per heavy atom. The summed E-state index contributed by atoms with van der Waals surface area (Å²) in [6, 6.07) is 20.2. The van der Waals surface area contributed by atoms with Crippen LogP contribution in [-0.2, 0) is 22.8 Å². The molecule has 0 amide bonds.